The molecule has 1 N–H and O–H groups in total. The van der Waals surface area contributed by atoms with E-state index in [9.17, 15) is 4.79 Å². The highest BCUT2D eigenvalue weighted by Crippen LogP contribution is 2.20. The average molecular weight is 258 g/mol. The van der Waals surface area contributed by atoms with E-state index < -0.39 is 0 Å². The lowest BCUT2D eigenvalue weighted by Gasteiger charge is -2.41. The summed E-state index contributed by atoms with van der Waals surface area (Å²) in [6, 6.07) is 5.81. The summed E-state index contributed by atoms with van der Waals surface area (Å²) >= 11 is 0. The van der Waals surface area contributed by atoms with Gasteiger partial charge in [0, 0.05) is 24.7 Å². The SMILES string of the molecule is CC(C)(C)C(=O)NC1CN(c2ccc(C#N)cn2)C1. The van der Waals surface area contributed by atoms with E-state index in [0.29, 0.717) is 5.56 Å². The molecule has 0 bridgehead atoms. The number of rotatable bonds is 2. The van der Waals surface area contributed by atoms with Crippen molar-refractivity contribution in [1.82, 2.24) is 10.3 Å². The molecule has 1 saturated heterocycles. The number of nitrogens with one attached hydrogen (secondary N) is 1. The molecule has 0 atom stereocenters. The molecular formula is C14H18N4O. The highest BCUT2D eigenvalue weighted by molar-refractivity contribution is 5.82. The Hall–Kier alpha value is -2.09. The molecule has 5 heteroatoms. The van der Waals surface area contributed by atoms with Crippen molar-refractivity contribution in [3.63, 3.8) is 0 Å². The molecule has 0 saturated carbocycles. The zero-order chi connectivity index (χ0) is 14.0. The summed E-state index contributed by atoms with van der Waals surface area (Å²) in [5, 5.41) is 11.7. The smallest absolute Gasteiger partial charge is 0.225 e. The van der Waals surface area contributed by atoms with Crippen molar-refractivity contribution in [1.29, 1.82) is 5.26 Å². The predicted molar refractivity (Wildman–Crippen MR) is 72.6 cm³/mol. The number of nitriles is 1. The molecule has 1 aromatic heterocycles. The lowest BCUT2D eigenvalue weighted by Crippen LogP contribution is -2.61. The normalized spacial score (nSPS) is 15.6. The van der Waals surface area contributed by atoms with E-state index in [0.717, 1.165) is 18.9 Å². The van der Waals surface area contributed by atoms with Crippen LogP contribution < -0.4 is 10.2 Å². The third kappa shape index (κ3) is 3.02. The van der Waals surface area contributed by atoms with Gasteiger partial charge in [-0.3, -0.25) is 4.79 Å². The Bertz CT molecular complexity index is 504. The fraction of sp³-hybridized carbons (Fsp3) is 0.500. The zero-order valence-corrected chi connectivity index (χ0v) is 11.5. The maximum absolute atomic E-state index is 11.8. The number of hydrogen-bond acceptors (Lipinski definition) is 4. The number of nitrogens with zero attached hydrogens (tertiary/aromatic N) is 3. The van der Waals surface area contributed by atoms with Crippen LogP contribution >= 0.6 is 0 Å². The molecule has 2 heterocycles. The van der Waals surface area contributed by atoms with Gasteiger partial charge in [0.05, 0.1) is 11.6 Å². The number of pyridine rings is 1. The predicted octanol–water partition coefficient (Wildman–Crippen LogP) is 1.30. The second-order valence-corrected chi connectivity index (χ2v) is 5.84. The van der Waals surface area contributed by atoms with Crippen LogP contribution in [0.3, 0.4) is 0 Å². The van der Waals surface area contributed by atoms with Crippen molar-refractivity contribution in [3.8, 4) is 6.07 Å². The van der Waals surface area contributed by atoms with Gasteiger partial charge < -0.3 is 10.2 Å². The largest absolute Gasteiger partial charge is 0.352 e. The molecule has 1 aliphatic rings. The minimum absolute atomic E-state index is 0.0740. The first kappa shape index (κ1) is 13.3. The second-order valence-electron chi connectivity index (χ2n) is 5.84. The first-order chi connectivity index (χ1) is 8.90. The molecule has 0 unspecified atom stereocenters. The van der Waals surface area contributed by atoms with E-state index in [1.165, 1.54) is 0 Å². The van der Waals surface area contributed by atoms with Gasteiger partial charge in [-0.1, -0.05) is 20.8 Å². The Morgan fingerprint density at radius 3 is 2.63 bits per heavy atom. The van der Waals surface area contributed by atoms with Crippen LogP contribution in [0.1, 0.15) is 26.3 Å². The molecule has 1 aliphatic heterocycles. The summed E-state index contributed by atoms with van der Waals surface area (Å²) < 4.78 is 0. The third-order valence-corrected chi connectivity index (χ3v) is 3.10. The van der Waals surface area contributed by atoms with Crippen molar-refractivity contribution in [2.45, 2.75) is 26.8 Å². The highest BCUT2D eigenvalue weighted by Gasteiger charge is 2.32. The van der Waals surface area contributed by atoms with Crippen molar-refractivity contribution in [2.75, 3.05) is 18.0 Å². The maximum atomic E-state index is 11.8. The van der Waals surface area contributed by atoms with Crippen LogP contribution in [0.25, 0.3) is 0 Å². The number of aromatic nitrogens is 1. The van der Waals surface area contributed by atoms with Gasteiger partial charge in [-0.25, -0.2) is 4.98 Å². The first-order valence-corrected chi connectivity index (χ1v) is 6.32. The lowest BCUT2D eigenvalue weighted by molar-refractivity contribution is -0.129. The van der Waals surface area contributed by atoms with Crippen LogP contribution in [0.5, 0.6) is 0 Å². The van der Waals surface area contributed by atoms with Crippen LogP contribution in [0, 0.1) is 16.7 Å². The molecule has 1 aromatic rings. The monoisotopic (exact) mass is 258 g/mol. The number of carbonyl (C=O) groups excluding carboxylic acids is 1. The molecule has 0 radical (unpaired) electrons. The molecule has 1 amide bonds. The molecule has 19 heavy (non-hydrogen) atoms. The fourth-order valence-electron chi connectivity index (χ4n) is 1.80. The zero-order valence-electron chi connectivity index (χ0n) is 11.5. The van der Waals surface area contributed by atoms with E-state index in [-0.39, 0.29) is 17.4 Å². The van der Waals surface area contributed by atoms with Gasteiger partial charge >= 0.3 is 0 Å². The molecule has 1 fully saturated rings. The van der Waals surface area contributed by atoms with Crippen molar-refractivity contribution < 1.29 is 4.79 Å². The topological polar surface area (TPSA) is 69.0 Å². The van der Waals surface area contributed by atoms with Crippen molar-refractivity contribution in [3.05, 3.63) is 23.9 Å². The Kier molecular flexibility index (Phi) is 3.43. The molecule has 5 nitrogen and oxygen atoms in total. The van der Waals surface area contributed by atoms with E-state index >= 15 is 0 Å². The first-order valence-electron chi connectivity index (χ1n) is 6.32. The quantitative estimate of drug-likeness (QED) is 0.868. The van der Waals surface area contributed by atoms with E-state index in [2.05, 4.69) is 15.2 Å². The number of carbonyl (C=O) groups is 1. The molecule has 0 spiro atoms. The molecular weight excluding hydrogens is 240 g/mol. The van der Waals surface area contributed by atoms with Crippen LogP contribution in [0.2, 0.25) is 0 Å². The van der Waals surface area contributed by atoms with E-state index in [1.807, 2.05) is 32.9 Å². The number of hydrogen-bond donors (Lipinski definition) is 1. The van der Waals surface area contributed by atoms with Gasteiger partial charge in [0.15, 0.2) is 0 Å². The number of anilines is 1. The Morgan fingerprint density at radius 1 is 1.47 bits per heavy atom. The van der Waals surface area contributed by atoms with Crippen LogP contribution in [0.15, 0.2) is 18.3 Å². The van der Waals surface area contributed by atoms with Gasteiger partial charge in [-0.15, -0.1) is 0 Å². The fourth-order valence-corrected chi connectivity index (χ4v) is 1.80. The van der Waals surface area contributed by atoms with Crippen LogP contribution in [-0.2, 0) is 4.79 Å². The van der Waals surface area contributed by atoms with Crippen molar-refractivity contribution >= 4 is 11.7 Å². The summed E-state index contributed by atoms with van der Waals surface area (Å²) in [4.78, 5) is 18.1. The standard InChI is InChI=1S/C14H18N4O/c1-14(2,3)13(19)17-11-8-18(9-11)12-5-4-10(6-15)7-16-12/h4-5,7,11H,8-9H2,1-3H3,(H,17,19). The Balaban J connectivity index is 1.86. The summed E-state index contributed by atoms with van der Waals surface area (Å²) in [5.41, 5.74) is 0.203. The summed E-state index contributed by atoms with van der Waals surface area (Å²) in [7, 11) is 0. The summed E-state index contributed by atoms with van der Waals surface area (Å²) in [6.45, 7) is 7.24. The van der Waals surface area contributed by atoms with Crippen molar-refractivity contribution in [2.24, 2.45) is 5.41 Å². The number of amides is 1. The minimum atomic E-state index is -0.354. The second kappa shape index (κ2) is 4.88. The minimum Gasteiger partial charge on any atom is -0.352 e. The van der Waals surface area contributed by atoms with Gasteiger partial charge in [-0.2, -0.15) is 5.26 Å². The maximum Gasteiger partial charge on any atom is 0.225 e. The molecule has 100 valence electrons. The van der Waals surface area contributed by atoms with E-state index in [4.69, 9.17) is 5.26 Å². The van der Waals surface area contributed by atoms with E-state index in [1.54, 1.807) is 12.3 Å². The highest BCUT2D eigenvalue weighted by atomic mass is 16.2. The van der Waals surface area contributed by atoms with Crippen LogP contribution in [-0.4, -0.2) is 30.0 Å². The Labute approximate surface area is 113 Å². The molecule has 0 aromatic carbocycles. The van der Waals surface area contributed by atoms with Gasteiger partial charge in [0.1, 0.15) is 11.9 Å². The average Bonchev–Trinajstić information content (AvgIpc) is 2.32. The van der Waals surface area contributed by atoms with Crippen LogP contribution in [0.4, 0.5) is 5.82 Å². The third-order valence-electron chi connectivity index (χ3n) is 3.10. The Morgan fingerprint density at radius 2 is 2.16 bits per heavy atom. The summed E-state index contributed by atoms with van der Waals surface area (Å²) in [5.74, 6) is 0.921. The molecule has 2 rings (SSSR count). The van der Waals surface area contributed by atoms with Gasteiger partial charge in [-0.05, 0) is 12.1 Å². The summed E-state index contributed by atoms with van der Waals surface area (Å²) in [6.07, 6.45) is 1.57. The van der Waals surface area contributed by atoms with Gasteiger partial charge in [0.2, 0.25) is 5.91 Å². The molecule has 0 aliphatic carbocycles. The lowest BCUT2D eigenvalue weighted by atomic mass is 9.94. The van der Waals surface area contributed by atoms with Gasteiger partial charge in [0.25, 0.3) is 0 Å².